The standard InChI is InChI=1S/C12H20N2/c1-2-3-4-8-14-9-11-6-5-7-13-12(11)10-14/h11-13H,4-10H2,1H3. The van der Waals surface area contributed by atoms with Crippen molar-refractivity contribution in [2.75, 3.05) is 26.2 Å². The van der Waals surface area contributed by atoms with Gasteiger partial charge < -0.3 is 10.2 Å². The lowest BCUT2D eigenvalue weighted by Gasteiger charge is -2.24. The summed E-state index contributed by atoms with van der Waals surface area (Å²) in [4.78, 5) is 2.57. The van der Waals surface area contributed by atoms with Crippen molar-refractivity contribution >= 4 is 0 Å². The minimum atomic E-state index is 0.776. The van der Waals surface area contributed by atoms with Gasteiger partial charge >= 0.3 is 0 Å². The molecule has 0 amide bonds. The first-order chi connectivity index (χ1) is 6.90. The summed E-state index contributed by atoms with van der Waals surface area (Å²) >= 11 is 0. The van der Waals surface area contributed by atoms with Crippen LogP contribution < -0.4 is 5.32 Å². The largest absolute Gasteiger partial charge is 0.312 e. The van der Waals surface area contributed by atoms with Crippen molar-refractivity contribution in [3.63, 3.8) is 0 Å². The fourth-order valence-corrected chi connectivity index (χ4v) is 2.66. The molecule has 2 fully saturated rings. The van der Waals surface area contributed by atoms with Crippen LogP contribution in [0.4, 0.5) is 0 Å². The monoisotopic (exact) mass is 192 g/mol. The summed E-state index contributed by atoms with van der Waals surface area (Å²) in [6.07, 6.45) is 3.83. The van der Waals surface area contributed by atoms with Crippen LogP contribution in [-0.2, 0) is 0 Å². The van der Waals surface area contributed by atoms with Gasteiger partial charge in [0.2, 0.25) is 0 Å². The maximum Gasteiger partial charge on any atom is 0.0235 e. The van der Waals surface area contributed by atoms with E-state index in [1.54, 1.807) is 0 Å². The molecule has 0 aromatic carbocycles. The van der Waals surface area contributed by atoms with Gasteiger partial charge in [0.15, 0.2) is 0 Å². The maximum atomic E-state index is 3.62. The minimum absolute atomic E-state index is 0.776. The normalized spacial score (nSPS) is 32.1. The summed E-state index contributed by atoms with van der Waals surface area (Å²) in [5.41, 5.74) is 0. The molecule has 2 heteroatoms. The Kier molecular flexibility index (Phi) is 3.44. The van der Waals surface area contributed by atoms with Gasteiger partial charge in [0.05, 0.1) is 0 Å². The van der Waals surface area contributed by atoms with E-state index < -0.39 is 0 Å². The highest BCUT2D eigenvalue weighted by molar-refractivity contribution is 4.97. The van der Waals surface area contributed by atoms with E-state index in [2.05, 4.69) is 22.1 Å². The third-order valence-corrected chi connectivity index (χ3v) is 3.40. The van der Waals surface area contributed by atoms with Crippen LogP contribution in [0.2, 0.25) is 0 Å². The predicted molar refractivity (Wildman–Crippen MR) is 59.0 cm³/mol. The Morgan fingerprint density at radius 3 is 3.14 bits per heavy atom. The molecule has 0 aliphatic carbocycles. The van der Waals surface area contributed by atoms with E-state index in [9.17, 15) is 0 Å². The van der Waals surface area contributed by atoms with Crippen LogP contribution in [0.5, 0.6) is 0 Å². The predicted octanol–water partition coefficient (Wildman–Crippen LogP) is 1.08. The summed E-state index contributed by atoms with van der Waals surface area (Å²) in [6, 6.07) is 0.776. The first-order valence-corrected chi connectivity index (χ1v) is 5.75. The van der Waals surface area contributed by atoms with Crippen LogP contribution >= 0.6 is 0 Å². The third-order valence-electron chi connectivity index (χ3n) is 3.40. The Morgan fingerprint density at radius 1 is 1.43 bits per heavy atom. The molecule has 0 aromatic heterocycles. The lowest BCUT2D eigenvalue weighted by atomic mass is 9.94. The van der Waals surface area contributed by atoms with Gasteiger partial charge in [-0.15, -0.1) is 11.8 Å². The topological polar surface area (TPSA) is 15.3 Å². The molecule has 0 spiro atoms. The molecule has 2 rings (SSSR count). The zero-order chi connectivity index (χ0) is 9.80. The molecule has 0 radical (unpaired) electrons. The highest BCUT2D eigenvalue weighted by Gasteiger charge is 2.33. The van der Waals surface area contributed by atoms with Gasteiger partial charge in [-0.05, 0) is 32.2 Å². The van der Waals surface area contributed by atoms with E-state index in [0.717, 1.165) is 24.9 Å². The van der Waals surface area contributed by atoms with Crippen LogP contribution in [0.1, 0.15) is 26.2 Å². The molecular formula is C12H20N2. The van der Waals surface area contributed by atoms with E-state index in [-0.39, 0.29) is 0 Å². The van der Waals surface area contributed by atoms with Gasteiger partial charge in [-0.25, -0.2) is 0 Å². The van der Waals surface area contributed by atoms with Crippen molar-refractivity contribution in [1.82, 2.24) is 10.2 Å². The van der Waals surface area contributed by atoms with Gasteiger partial charge in [-0.1, -0.05) is 0 Å². The molecular weight excluding hydrogens is 172 g/mol. The highest BCUT2D eigenvalue weighted by atomic mass is 15.2. The van der Waals surface area contributed by atoms with Crippen molar-refractivity contribution in [3.8, 4) is 11.8 Å². The number of fused-ring (bicyclic) bond motifs is 1. The van der Waals surface area contributed by atoms with Crippen molar-refractivity contribution in [2.45, 2.75) is 32.2 Å². The van der Waals surface area contributed by atoms with E-state index in [0.29, 0.717) is 0 Å². The quantitative estimate of drug-likeness (QED) is 0.659. The van der Waals surface area contributed by atoms with Crippen molar-refractivity contribution in [2.24, 2.45) is 5.92 Å². The summed E-state index contributed by atoms with van der Waals surface area (Å²) < 4.78 is 0. The number of likely N-dealkylation sites (tertiary alicyclic amines) is 1. The molecule has 2 saturated heterocycles. The second-order valence-corrected chi connectivity index (χ2v) is 4.40. The third kappa shape index (κ3) is 2.29. The molecule has 2 atom stereocenters. The molecule has 2 aliphatic rings. The molecule has 0 saturated carbocycles. The molecule has 0 bridgehead atoms. The van der Waals surface area contributed by atoms with E-state index >= 15 is 0 Å². The Labute approximate surface area is 87.1 Å². The molecule has 2 heterocycles. The molecule has 2 unspecified atom stereocenters. The average Bonchev–Trinajstić information content (AvgIpc) is 2.60. The Bertz CT molecular complexity index is 224. The molecule has 0 aromatic rings. The van der Waals surface area contributed by atoms with Gasteiger partial charge in [-0.3, -0.25) is 0 Å². The highest BCUT2D eigenvalue weighted by Crippen LogP contribution is 2.24. The number of hydrogen-bond donors (Lipinski definition) is 1. The van der Waals surface area contributed by atoms with Crippen molar-refractivity contribution in [3.05, 3.63) is 0 Å². The van der Waals surface area contributed by atoms with Gasteiger partial charge in [0.25, 0.3) is 0 Å². The minimum Gasteiger partial charge on any atom is -0.312 e. The van der Waals surface area contributed by atoms with Crippen LogP contribution in [0, 0.1) is 17.8 Å². The van der Waals surface area contributed by atoms with Crippen molar-refractivity contribution < 1.29 is 0 Å². The molecule has 2 aliphatic heterocycles. The zero-order valence-electron chi connectivity index (χ0n) is 9.05. The van der Waals surface area contributed by atoms with E-state index in [1.165, 1.54) is 32.5 Å². The fraction of sp³-hybridized carbons (Fsp3) is 0.833. The number of piperidine rings is 1. The summed E-state index contributed by atoms with van der Waals surface area (Å²) in [7, 11) is 0. The second kappa shape index (κ2) is 4.82. The summed E-state index contributed by atoms with van der Waals surface area (Å²) in [6.45, 7) is 6.85. The molecule has 2 nitrogen and oxygen atoms in total. The van der Waals surface area contributed by atoms with Gasteiger partial charge in [0.1, 0.15) is 0 Å². The van der Waals surface area contributed by atoms with Crippen LogP contribution in [0.25, 0.3) is 0 Å². The summed E-state index contributed by atoms with van der Waals surface area (Å²) in [5, 5.41) is 3.62. The SMILES string of the molecule is CC#CCCN1CC2CCCNC2C1. The number of hydrogen-bond acceptors (Lipinski definition) is 2. The Hall–Kier alpha value is -0.520. The van der Waals surface area contributed by atoms with Crippen molar-refractivity contribution in [1.29, 1.82) is 0 Å². The molecule has 1 N–H and O–H groups in total. The fourth-order valence-electron chi connectivity index (χ4n) is 2.66. The number of nitrogens with one attached hydrogen (secondary N) is 1. The smallest absolute Gasteiger partial charge is 0.0235 e. The van der Waals surface area contributed by atoms with Gasteiger partial charge in [0, 0.05) is 32.1 Å². The van der Waals surface area contributed by atoms with Crippen LogP contribution in [-0.4, -0.2) is 37.1 Å². The summed E-state index contributed by atoms with van der Waals surface area (Å²) in [5.74, 6) is 7.02. The Morgan fingerprint density at radius 2 is 2.36 bits per heavy atom. The molecule has 14 heavy (non-hydrogen) atoms. The lowest BCUT2D eigenvalue weighted by molar-refractivity contribution is 0.325. The molecule has 78 valence electrons. The number of rotatable bonds is 2. The van der Waals surface area contributed by atoms with Crippen LogP contribution in [0.3, 0.4) is 0 Å². The zero-order valence-corrected chi connectivity index (χ0v) is 9.05. The van der Waals surface area contributed by atoms with E-state index in [1.807, 2.05) is 6.92 Å². The first kappa shape index (κ1) is 10.0. The van der Waals surface area contributed by atoms with E-state index in [4.69, 9.17) is 0 Å². The Balaban J connectivity index is 1.77. The first-order valence-electron chi connectivity index (χ1n) is 5.75. The number of nitrogens with zero attached hydrogens (tertiary/aromatic N) is 1. The average molecular weight is 192 g/mol. The van der Waals surface area contributed by atoms with Gasteiger partial charge in [-0.2, -0.15) is 0 Å². The van der Waals surface area contributed by atoms with Crippen LogP contribution in [0.15, 0.2) is 0 Å². The lowest BCUT2D eigenvalue weighted by Crippen LogP contribution is -2.40. The second-order valence-electron chi connectivity index (χ2n) is 4.40. The maximum absolute atomic E-state index is 3.62.